The van der Waals surface area contributed by atoms with Crippen LogP contribution in [0.3, 0.4) is 0 Å². The summed E-state index contributed by atoms with van der Waals surface area (Å²) in [6, 6.07) is 15.4. The summed E-state index contributed by atoms with van der Waals surface area (Å²) in [6.07, 6.45) is 1.75. The lowest BCUT2D eigenvalue weighted by Crippen LogP contribution is -2.22. The number of benzene rings is 1. The number of rotatable bonds is 6. The van der Waals surface area contributed by atoms with Crippen molar-refractivity contribution in [3.05, 3.63) is 81.3 Å². The van der Waals surface area contributed by atoms with E-state index in [9.17, 15) is 4.79 Å². The van der Waals surface area contributed by atoms with Gasteiger partial charge in [-0.15, -0.1) is 11.3 Å². The zero-order valence-electron chi connectivity index (χ0n) is 14.3. The monoisotopic (exact) mass is 352 g/mol. The largest absolute Gasteiger partial charge is 0.487 e. The molecule has 2 heterocycles. The maximum Gasteiger partial charge on any atom is 0.252 e. The van der Waals surface area contributed by atoms with Gasteiger partial charge < -0.3 is 10.1 Å². The van der Waals surface area contributed by atoms with Crippen molar-refractivity contribution in [1.29, 1.82) is 0 Å². The van der Waals surface area contributed by atoms with E-state index in [1.807, 2.05) is 62.4 Å². The van der Waals surface area contributed by atoms with E-state index in [0.717, 1.165) is 32.3 Å². The Morgan fingerprint density at radius 3 is 2.76 bits per heavy atom. The van der Waals surface area contributed by atoms with Crippen molar-refractivity contribution in [1.82, 2.24) is 10.3 Å². The van der Waals surface area contributed by atoms with Crippen LogP contribution in [0.2, 0.25) is 0 Å². The second-order valence-electron chi connectivity index (χ2n) is 5.77. The van der Waals surface area contributed by atoms with Crippen molar-refractivity contribution in [2.45, 2.75) is 27.0 Å². The highest BCUT2D eigenvalue weighted by molar-refractivity contribution is 7.12. The molecule has 1 amide bonds. The van der Waals surface area contributed by atoms with Gasteiger partial charge >= 0.3 is 0 Å². The number of hydrogen-bond acceptors (Lipinski definition) is 4. The van der Waals surface area contributed by atoms with Crippen LogP contribution in [-0.2, 0) is 13.2 Å². The quantitative estimate of drug-likeness (QED) is 0.721. The molecule has 0 saturated heterocycles. The maximum atomic E-state index is 12.3. The third-order valence-electron chi connectivity index (χ3n) is 3.75. The number of hydrogen-bond donors (Lipinski definition) is 1. The number of thiophene rings is 1. The summed E-state index contributed by atoms with van der Waals surface area (Å²) in [5.41, 5.74) is 2.63. The first-order valence-corrected chi connectivity index (χ1v) is 8.90. The molecular formula is C20H20N2O2S. The second kappa shape index (κ2) is 7.94. The Balaban J connectivity index is 1.58. The van der Waals surface area contributed by atoms with E-state index < -0.39 is 0 Å². The minimum atomic E-state index is -0.0401. The van der Waals surface area contributed by atoms with Crippen molar-refractivity contribution < 1.29 is 9.53 Å². The van der Waals surface area contributed by atoms with E-state index in [2.05, 4.69) is 10.3 Å². The van der Waals surface area contributed by atoms with Crippen LogP contribution < -0.4 is 10.1 Å². The minimum absolute atomic E-state index is 0.0401. The molecule has 25 heavy (non-hydrogen) atoms. The van der Waals surface area contributed by atoms with Crippen LogP contribution in [0, 0.1) is 13.8 Å². The Kier molecular flexibility index (Phi) is 5.46. The van der Waals surface area contributed by atoms with Crippen molar-refractivity contribution in [2.75, 3.05) is 0 Å². The van der Waals surface area contributed by atoms with E-state index in [1.165, 1.54) is 0 Å². The van der Waals surface area contributed by atoms with Crippen LogP contribution >= 0.6 is 11.3 Å². The highest BCUT2D eigenvalue weighted by atomic mass is 32.1. The van der Waals surface area contributed by atoms with Gasteiger partial charge in [0.1, 0.15) is 12.4 Å². The van der Waals surface area contributed by atoms with Gasteiger partial charge in [-0.1, -0.05) is 18.2 Å². The Bertz CT molecular complexity index is 859. The number of ether oxygens (including phenoxy) is 1. The van der Waals surface area contributed by atoms with Crippen LogP contribution in [0.25, 0.3) is 0 Å². The molecule has 3 aromatic rings. The first-order chi connectivity index (χ1) is 12.1. The average molecular weight is 352 g/mol. The molecule has 0 aliphatic heterocycles. The third kappa shape index (κ3) is 4.67. The van der Waals surface area contributed by atoms with E-state index in [4.69, 9.17) is 4.74 Å². The van der Waals surface area contributed by atoms with Crippen LogP contribution in [0.15, 0.2) is 54.7 Å². The Hall–Kier alpha value is -2.66. The summed E-state index contributed by atoms with van der Waals surface area (Å²) in [6.45, 7) is 4.87. The molecule has 2 aromatic heterocycles. The summed E-state index contributed by atoms with van der Waals surface area (Å²) in [5, 5.41) is 2.97. The molecule has 3 rings (SSSR count). The summed E-state index contributed by atoms with van der Waals surface area (Å²) in [4.78, 5) is 18.7. The zero-order valence-corrected chi connectivity index (χ0v) is 15.1. The summed E-state index contributed by atoms with van der Waals surface area (Å²) < 4.78 is 5.77. The van der Waals surface area contributed by atoms with Gasteiger partial charge in [0.25, 0.3) is 5.91 Å². The number of carbonyl (C=O) groups is 1. The first-order valence-electron chi connectivity index (χ1n) is 8.09. The molecule has 0 unspecified atom stereocenters. The lowest BCUT2D eigenvalue weighted by atomic mass is 10.2. The SMILES string of the molecule is Cc1cc(C(=O)NCc2cccc(OCc3ccccn3)c2)c(C)s1. The Labute approximate surface area is 151 Å². The molecule has 1 aromatic carbocycles. The predicted molar refractivity (Wildman–Crippen MR) is 100.0 cm³/mol. The molecule has 0 saturated carbocycles. The number of aromatic nitrogens is 1. The van der Waals surface area contributed by atoms with Crippen LogP contribution in [0.4, 0.5) is 0 Å². The molecule has 1 N–H and O–H groups in total. The summed E-state index contributed by atoms with van der Waals surface area (Å²) in [5.74, 6) is 0.724. The second-order valence-corrected chi connectivity index (χ2v) is 7.23. The molecule has 0 spiro atoms. The van der Waals surface area contributed by atoms with Gasteiger partial charge in [0.2, 0.25) is 0 Å². The molecule has 0 aliphatic carbocycles. The molecule has 0 fully saturated rings. The van der Waals surface area contributed by atoms with Crippen molar-refractivity contribution >= 4 is 17.2 Å². The average Bonchev–Trinajstić information content (AvgIpc) is 2.97. The van der Waals surface area contributed by atoms with Crippen molar-refractivity contribution in [3.63, 3.8) is 0 Å². The fourth-order valence-electron chi connectivity index (χ4n) is 2.52. The van der Waals surface area contributed by atoms with E-state index >= 15 is 0 Å². The van der Waals surface area contributed by atoms with Gasteiger partial charge in [-0.25, -0.2) is 0 Å². The number of nitrogens with one attached hydrogen (secondary N) is 1. The van der Waals surface area contributed by atoms with Gasteiger partial charge in [0.05, 0.1) is 11.3 Å². The molecule has 5 heteroatoms. The number of amides is 1. The zero-order chi connectivity index (χ0) is 17.6. The normalized spacial score (nSPS) is 10.5. The van der Waals surface area contributed by atoms with E-state index in [0.29, 0.717) is 13.2 Å². The van der Waals surface area contributed by atoms with Gasteiger partial charge in [0.15, 0.2) is 0 Å². The number of pyridine rings is 1. The molecule has 0 bridgehead atoms. The standard InChI is InChI=1S/C20H20N2O2S/c1-14-10-19(15(2)25-14)20(23)22-12-16-6-5-8-18(11-16)24-13-17-7-3-4-9-21-17/h3-11H,12-13H2,1-2H3,(H,22,23). The summed E-state index contributed by atoms with van der Waals surface area (Å²) in [7, 11) is 0. The van der Waals surface area contributed by atoms with Crippen LogP contribution in [-0.4, -0.2) is 10.9 Å². The van der Waals surface area contributed by atoms with Gasteiger partial charge in [0, 0.05) is 22.5 Å². The van der Waals surface area contributed by atoms with Gasteiger partial charge in [-0.2, -0.15) is 0 Å². The molecule has 0 aliphatic rings. The van der Waals surface area contributed by atoms with Crippen LogP contribution in [0.1, 0.15) is 31.4 Å². The first kappa shape index (κ1) is 17.2. The number of aryl methyl sites for hydroxylation is 2. The molecule has 4 nitrogen and oxygen atoms in total. The number of nitrogens with zero attached hydrogens (tertiary/aromatic N) is 1. The minimum Gasteiger partial charge on any atom is -0.487 e. The van der Waals surface area contributed by atoms with Crippen LogP contribution in [0.5, 0.6) is 5.75 Å². The van der Waals surface area contributed by atoms with Gasteiger partial charge in [-0.3, -0.25) is 9.78 Å². The predicted octanol–water partition coefficient (Wildman–Crippen LogP) is 4.27. The highest BCUT2D eigenvalue weighted by Gasteiger charge is 2.11. The lowest BCUT2D eigenvalue weighted by molar-refractivity contribution is 0.0950. The molecule has 0 atom stereocenters. The number of carbonyl (C=O) groups excluding carboxylic acids is 1. The third-order valence-corrected chi connectivity index (χ3v) is 4.72. The van der Waals surface area contributed by atoms with Crippen molar-refractivity contribution in [3.8, 4) is 5.75 Å². The van der Waals surface area contributed by atoms with E-state index in [-0.39, 0.29) is 5.91 Å². The molecule has 128 valence electrons. The Morgan fingerprint density at radius 2 is 2.04 bits per heavy atom. The van der Waals surface area contributed by atoms with Crippen molar-refractivity contribution in [2.24, 2.45) is 0 Å². The lowest BCUT2D eigenvalue weighted by Gasteiger charge is -2.09. The molecule has 0 radical (unpaired) electrons. The molecular weight excluding hydrogens is 332 g/mol. The fraction of sp³-hybridized carbons (Fsp3) is 0.200. The maximum absolute atomic E-state index is 12.3. The fourth-order valence-corrected chi connectivity index (χ4v) is 3.44. The summed E-state index contributed by atoms with van der Waals surface area (Å²) >= 11 is 1.64. The topological polar surface area (TPSA) is 51.2 Å². The highest BCUT2D eigenvalue weighted by Crippen LogP contribution is 2.20. The van der Waals surface area contributed by atoms with E-state index in [1.54, 1.807) is 17.5 Å². The Morgan fingerprint density at radius 1 is 1.16 bits per heavy atom. The van der Waals surface area contributed by atoms with Gasteiger partial charge in [-0.05, 0) is 49.7 Å². The smallest absolute Gasteiger partial charge is 0.252 e.